The number of hydrogen-bond donors (Lipinski definition) is 3. The summed E-state index contributed by atoms with van der Waals surface area (Å²) in [6, 6.07) is 11.4. The van der Waals surface area contributed by atoms with Crippen molar-refractivity contribution in [2.45, 2.75) is 6.92 Å². The molecule has 0 saturated heterocycles. The third kappa shape index (κ3) is 3.05. The van der Waals surface area contributed by atoms with Gasteiger partial charge >= 0.3 is 11.7 Å². The lowest BCUT2D eigenvalue weighted by Gasteiger charge is -2.10. The summed E-state index contributed by atoms with van der Waals surface area (Å²) in [5.41, 5.74) is 1.81. The Balaban J connectivity index is 1.88. The molecular weight excluding hydrogens is 310 g/mol. The number of carbonyl (C=O) groups excluding carboxylic acids is 2. The van der Waals surface area contributed by atoms with E-state index in [-0.39, 0.29) is 17.9 Å². The molecule has 0 atom stereocenters. The third-order valence-corrected chi connectivity index (χ3v) is 3.45. The van der Waals surface area contributed by atoms with Gasteiger partial charge in [-0.15, -0.1) is 0 Å². The summed E-state index contributed by atoms with van der Waals surface area (Å²) in [5.74, 6) is -0.894. The first-order valence-electron chi connectivity index (χ1n) is 7.38. The highest BCUT2D eigenvalue weighted by Crippen LogP contribution is 2.18. The van der Waals surface area contributed by atoms with Crippen LogP contribution in [0.3, 0.4) is 0 Å². The Kier molecular flexibility index (Phi) is 4.15. The van der Waals surface area contributed by atoms with Crippen molar-refractivity contribution in [2.75, 3.05) is 11.9 Å². The lowest BCUT2D eigenvalue weighted by Crippen LogP contribution is -2.15. The van der Waals surface area contributed by atoms with Crippen LogP contribution in [0.4, 0.5) is 5.69 Å². The number of rotatable bonds is 4. The maximum absolute atomic E-state index is 12.4. The fraction of sp³-hybridized carbons (Fsp3) is 0.118. The second kappa shape index (κ2) is 6.41. The molecule has 3 rings (SSSR count). The highest BCUT2D eigenvalue weighted by Gasteiger charge is 2.15. The number of aromatic amines is 2. The van der Waals surface area contributed by atoms with Crippen molar-refractivity contribution < 1.29 is 14.3 Å². The molecule has 3 aromatic rings. The summed E-state index contributed by atoms with van der Waals surface area (Å²) in [5, 5.41) is 2.70. The number of amides is 1. The first-order chi connectivity index (χ1) is 11.6. The molecule has 7 heteroatoms. The number of fused-ring (bicyclic) bond motifs is 1. The van der Waals surface area contributed by atoms with Crippen LogP contribution in [0.5, 0.6) is 0 Å². The molecule has 3 N–H and O–H groups in total. The van der Waals surface area contributed by atoms with E-state index in [0.29, 0.717) is 22.3 Å². The number of ether oxygens (including phenoxy) is 1. The van der Waals surface area contributed by atoms with E-state index in [1.165, 1.54) is 0 Å². The maximum Gasteiger partial charge on any atom is 0.340 e. The van der Waals surface area contributed by atoms with Crippen LogP contribution < -0.4 is 11.0 Å². The number of anilines is 1. The average molecular weight is 325 g/mol. The van der Waals surface area contributed by atoms with E-state index in [4.69, 9.17) is 4.74 Å². The van der Waals surface area contributed by atoms with Gasteiger partial charge in [-0.1, -0.05) is 12.1 Å². The Labute approximate surface area is 136 Å². The Hall–Kier alpha value is -3.35. The van der Waals surface area contributed by atoms with Crippen molar-refractivity contribution in [3.63, 3.8) is 0 Å². The molecule has 1 aromatic heterocycles. The average Bonchev–Trinajstić information content (AvgIpc) is 2.94. The molecule has 1 amide bonds. The number of aromatic nitrogens is 2. The third-order valence-electron chi connectivity index (χ3n) is 3.45. The quantitative estimate of drug-likeness (QED) is 0.640. The number of hydrogen-bond acceptors (Lipinski definition) is 4. The molecule has 0 aliphatic rings. The predicted molar refractivity (Wildman–Crippen MR) is 89.3 cm³/mol. The maximum atomic E-state index is 12.4. The van der Waals surface area contributed by atoms with Gasteiger partial charge in [0.1, 0.15) is 0 Å². The molecule has 2 aromatic carbocycles. The summed E-state index contributed by atoms with van der Waals surface area (Å²) in [6.45, 7) is 1.96. The Bertz CT molecular complexity index is 971. The molecule has 7 nitrogen and oxygen atoms in total. The number of imidazole rings is 1. The van der Waals surface area contributed by atoms with Crippen molar-refractivity contribution in [1.82, 2.24) is 9.97 Å². The second-order valence-corrected chi connectivity index (χ2v) is 5.06. The van der Waals surface area contributed by atoms with Crippen LogP contribution in [-0.4, -0.2) is 28.5 Å². The topological polar surface area (TPSA) is 104 Å². The molecule has 1 heterocycles. The first kappa shape index (κ1) is 15.5. The highest BCUT2D eigenvalue weighted by atomic mass is 16.5. The van der Waals surface area contributed by atoms with E-state index in [0.717, 1.165) is 0 Å². The minimum Gasteiger partial charge on any atom is -0.462 e. The fourth-order valence-corrected chi connectivity index (χ4v) is 2.35. The summed E-state index contributed by atoms with van der Waals surface area (Å²) >= 11 is 0. The molecule has 122 valence electrons. The smallest absolute Gasteiger partial charge is 0.340 e. The van der Waals surface area contributed by atoms with Gasteiger partial charge in [0.25, 0.3) is 5.91 Å². The van der Waals surface area contributed by atoms with Crippen molar-refractivity contribution in [1.29, 1.82) is 0 Å². The molecule has 0 aliphatic carbocycles. The zero-order valence-electron chi connectivity index (χ0n) is 12.9. The number of benzene rings is 2. The molecule has 0 fully saturated rings. The van der Waals surface area contributed by atoms with Crippen molar-refractivity contribution in [3.05, 3.63) is 64.1 Å². The van der Waals surface area contributed by atoms with Crippen molar-refractivity contribution in [3.8, 4) is 0 Å². The molecule has 0 radical (unpaired) electrons. The van der Waals surface area contributed by atoms with Gasteiger partial charge in [-0.25, -0.2) is 9.59 Å². The molecule has 0 aliphatic heterocycles. The van der Waals surface area contributed by atoms with Crippen LogP contribution in [0, 0.1) is 0 Å². The lowest BCUT2D eigenvalue weighted by atomic mass is 10.1. The molecule has 0 saturated carbocycles. The van der Waals surface area contributed by atoms with E-state index in [2.05, 4.69) is 15.3 Å². The Morgan fingerprint density at radius 3 is 2.62 bits per heavy atom. The van der Waals surface area contributed by atoms with Gasteiger partial charge in [0.05, 0.1) is 28.9 Å². The molecule has 0 bridgehead atoms. The first-order valence-corrected chi connectivity index (χ1v) is 7.38. The van der Waals surface area contributed by atoms with Crippen LogP contribution in [-0.2, 0) is 4.74 Å². The van der Waals surface area contributed by atoms with Gasteiger partial charge in [0.2, 0.25) is 0 Å². The number of nitrogens with one attached hydrogen (secondary N) is 3. The zero-order chi connectivity index (χ0) is 17.1. The van der Waals surface area contributed by atoms with Crippen molar-refractivity contribution >= 4 is 28.6 Å². The number of carbonyl (C=O) groups is 2. The van der Waals surface area contributed by atoms with Crippen LogP contribution in [0.25, 0.3) is 11.0 Å². The van der Waals surface area contributed by atoms with Gasteiger partial charge in [-0.2, -0.15) is 0 Å². The predicted octanol–water partition coefficient (Wildman–Crippen LogP) is 2.29. The largest absolute Gasteiger partial charge is 0.462 e. The standard InChI is InChI=1S/C17H15N3O4/c1-2-24-16(22)11-5-3-4-6-12(11)18-15(21)10-7-8-13-14(9-10)20-17(23)19-13/h3-9H,2H2,1H3,(H,18,21)(H2,19,20,23). The van der Waals surface area contributed by atoms with Crippen LogP contribution >= 0.6 is 0 Å². The SMILES string of the molecule is CCOC(=O)c1ccccc1NC(=O)c1ccc2[nH]c(=O)[nH]c2c1. The molecular formula is C17H15N3O4. The summed E-state index contributed by atoms with van der Waals surface area (Å²) < 4.78 is 4.98. The Morgan fingerprint density at radius 1 is 1.08 bits per heavy atom. The minimum absolute atomic E-state index is 0.249. The number of esters is 1. The van der Waals surface area contributed by atoms with Crippen molar-refractivity contribution in [2.24, 2.45) is 0 Å². The monoisotopic (exact) mass is 325 g/mol. The van der Waals surface area contributed by atoms with Crippen LogP contribution in [0.1, 0.15) is 27.6 Å². The van der Waals surface area contributed by atoms with Gasteiger partial charge in [0, 0.05) is 5.56 Å². The van der Waals surface area contributed by atoms with Crippen LogP contribution in [0.2, 0.25) is 0 Å². The van der Waals surface area contributed by atoms with E-state index in [1.54, 1.807) is 49.4 Å². The fourth-order valence-electron chi connectivity index (χ4n) is 2.35. The minimum atomic E-state index is -0.501. The van der Waals surface area contributed by atoms with E-state index < -0.39 is 11.9 Å². The van der Waals surface area contributed by atoms with Gasteiger partial charge in [-0.3, -0.25) is 4.79 Å². The Morgan fingerprint density at radius 2 is 1.83 bits per heavy atom. The number of para-hydroxylation sites is 1. The molecule has 24 heavy (non-hydrogen) atoms. The molecule has 0 spiro atoms. The highest BCUT2D eigenvalue weighted by molar-refractivity contribution is 6.09. The second-order valence-electron chi connectivity index (χ2n) is 5.06. The van der Waals surface area contributed by atoms with Crippen LogP contribution in [0.15, 0.2) is 47.3 Å². The van der Waals surface area contributed by atoms with E-state index in [1.807, 2.05) is 0 Å². The zero-order valence-corrected chi connectivity index (χ0v) is 12.9. The lowest BCUT2D eigenvalue weighted by molar-refractivity contribution is 0.0527. The van der Waals surface area contributed by atoms with Gasteiger partial charge < -0.3 is 20.0 Å². The normalized spacial score (nSPS) is 10.5. The summed E-state index contributed by atoms with van der Waals surface area (Å²) in [4.78, 5) is 40.9. The van der Waals surface area contributed by atoms with E-state index >= 15 is 0 Å². The summed E-state index contributed by atoms with van der Waals surface area (Å²) in [7, 11) is 0. The molecule has 0 unspecified atom stereocenters. The number of H-pyrrole nitrogens is 2. The van der Waals surface area contributed by atoms with Gasteiger partial charge in [-0.05, 0) is 37.3 Å². The summed E-state index contributed by atoms with van der Waals surface area (Å²) in [6.07, 6.45) is 0. The van der Waals surface area contributed by atoms with Gasteiger partial charge in [0.15, 0.2) is 0 Å². The van der Waals surface area contributed by atoms with E-state index in [9.17, 15) is 14.4 Å².